The van der Waals surface area contributed by atoms with Gasteiger partial charge in [-0.3, -0.25) is 4.79 Å². The highest BCUT2D eigenvalue weighted by molar-refractivity contribution is 6.17. The van der Waals surface area contributed by atoms with Crippen molar-refractivity contribution in [1.82, 2.24) is 5.32 Å². The fraction of sp³-hybridized carbons (Fsp3) is 0.533. The Kier molecular flexibility index (Phi) is 6.20. The summed E-state index contributed by atoms with van der Waals surface area (Å²) >= 11 is 5.74. The number of carbonyl (C=O) groups is 1. The van der Waals surface area contributed by atoms with Crippen LogP contribution in [0.25, 0.3) is 0 Å². The Labute approximate surface area is 115 Å². The highest BCUT2D eigenvalue weighted by Crippen LogP contribution is 2.12. The van der Waals surface area contributed by atoms with Crippen LogP contribution in [0.1, 0.15) is 41.3 Å². The molecule has 3 heteroatoms. The van der Waals surface area contributed by atoms with Crippen molar-refractivity contribution in [3.8, 4) is 0 Å². The van der Waals surface area contributed by atoms with Gasteiger partial charge in [0.2, 0.25) is 0 Å². The number of rotatable bonds is 6. The van der Waals surface area contributed by atoms with E-state index in [0.29, 0.717) is 18.3 Å². The van der Waals surface area contributed by atoms with Gasteiger partial charge in [-0.05, 0) is 37.8 Å². The molecule has 0 fully saturated rings. The second-order valence-corrected chi connectivity index (χ2v) is 5.16. The van der Waals surface area contributed by atoms with Gasteiger partial charge in [0, 0.05) is 18.0 Å². The van der Waals surface area contributed by atoms with Crippen LogP contribution in [0.4, 0.5) is 0 Å². The summed E-state index contributed by atoms with van der Waals surface area (Å²) in [7, 11) is 0. The molecule has 0 aliphatic heterocycles. The summed E-state index contributed by atoms with van der Waals surface area (Å²) in [6.07, 6.45) is 1.99. The first-order chi connectivity index (χ1) is 8.58. The smallest absolute Gasteiger partial charge is 0.251 e. The predicted molar refractivity (Wildman–Crippen MR) is 77.4 cm³/mol. The minimum atomic E-state index is 0.0144. The number of halogens is 1. The van der Waals surface area contributed by atoms with Gasteiger partial charge in [0.15, 0.2) is 0 Å². The van der Waals surface area contributed by atoms with Crippen molar-refractivity contribution in [3.63, 3.8) is 0 Å². The second-order valence-electron chi connectivity index (χ2n) is 4.78. The molecule has 1 amide bonds. The third-order valence-corrected chi connectivity index (χ3v) is 3.49. The quantitative estimate of drug-likeness (QED) is 0.783. The SMILES string of the molecule is CCC(CCCl)CNC(=O)c1ccc(C)cc1C. The van der Waals surface area contributed by atoms with Crippen molar-refractivity contribution in [2.75, 3.05) is 12.4 Å². The molecule has 0 saturated heterocycles. The standard InChI is InChI=1S/C15H22ClNO/c1-4-13(7-8-16)10-17-15(18)14-6-5-11(2)9-12(14)3/h5-6,9,13H,4,7-8,10H2,1-3H3,(H,17,18). The van der Waals surface area contributed by atoms with Crippen LogP contribution in [-0.4, -0.2) is 18.3 Å². The molecule has 0 heterocycles. The molecule has 0 bridgehead atoms. The third kappa shape index (κ3) is 4.34. The summed E-state index contributed by atoms with van der Waals surface area (Å²) in [4.78, 5) is 12.1. The van der Waals surface area contributed by atoms with E-state index >= 15 is 0 Å². The maximum absolute atomic E-state index is 12.1. The number of carbonyl (C=O) groups excluding carboxylic acids is 1. The average molecular weight is 268 g/mol. The lowest BCUT2D eigenvalue weighted by molar-refractivity contribution is 0.0946. The molecule has 0 saturated carbocycles. The molecule has 1 N–H and O–H groups in total. The largest absolute Gasteiger partial charge is 0.352 e. The van der Waals surface area contributed by atoms with Gasteiger partial charge in [0.1, 0.15) is 0 Å². The monoisotopic (exact) mass is 267 g/mol. The maximum atomic E-state index is 12.1. The number of hydrogen-bond acceptors (Lipinski definition) is 1. The van der Waals surface area contributed by atoms with Gasteiger partial charge in [-0.25, -0.2) is 0 Å². The molecule has 1 unspecified atom stereocenters. The predicted octanol–water partition coefficient (Wildman–Crippen LogP) is 3.69. The Morgan fingerprint density at radius 1 is 1.39 bits per heavy atom. The van der Waals surface area contributed by atoms with Gasteiger partial charge in [-0.1, -0.05) is 31.0 Å². The Balaban J connectivity index is 2.59. The average Bonchev–Trinajstić information content (AvgIpc) is 2.34. The molecule has 1 atom stereocenters. The highest BCUT2D eigenvalue weighted by atomic mass is 35.5. The van der Waals surface area contributed by atoms with E-state index in [0.717, 1.165) is 24.0 Å². The normalized spacial score (nSPS) is 12.2. The lowest BCUT2D eigenvalue weighted by Gasteiger charge is -2.15. The van der Waals surface area contributed by atoms with E-state index in [1.54, 1.807) is 0 Å². The zero-order valence-corrected chi connectivity index (χ0v) is 12.2. The molecular formula is C15H22ClNO. The number of nitrogens with one attached hydrogen (secondary N) is 1. The summed E-state index contributed by atoms with van der Waals surface area (Å²) in [6, 6.07) is 5.89. The molecule has 1 aromatic carbocycles. The van der Waals surface area contributed by atoms with Crippen molar-refractivity contribution < 1.29 is 4.79 Å². The van der Waals surface area contributed by atoms with Crippen LogP contribution in [0, 0.1) is 19.8 Å². The van der Waals surface area contributed by atoms with E-state index in [1.807, 2.05) is 32.0 Å². The first-order valence-corrected chi connectivity index (χ1v) is 7.03. The van der Waals surface area contributed by atoms with Gasteiger partial charge in [0.05, 0.1) is 0 Å². The lowest BCUT2D eigenvalue weighted by atomic mass is 10.0. The number of aryl methyl sites for hydroxylation is 2. The minimum Gasteiger partial charge on any atom is -0.352 e. The van der Waals surface area contributed by atoms with Crippen molar-refractivity contribution in [2.24, 2.45) is 5.92 Å². The van der Waals surface area contributed by atoms with E-state index in [1.165, 1.54) is 5.56 Å². The maximum Gasteiger partial charge on any atom is 0.251 e. The highest BCUT2D eigenvalue weighted by Gasteiger charge is 2.11. The van der Waals surface area contributed by atoms with Crippen LogP contribution in [0.5, 0.6) is 0 Å². The molecule has 1 rings (SSSR count). The van der Waals surface area contributed by atoms with Gasteiger partial charge in [-0.2, -0.15) is 0 Å². The Bertz CT molecular complexity index is 403. The molecule has 1 aromatic rings. The minimum absolute atomic E-state index is 0.0144. The number of amides is 1. The van der Waals surface area contributed by atoms with Crippen LogP contribution in [0.2, 0.25) is 0 Å². The van der Waals surface area contributed by atoms with E-state index in [9.17, 15) is 4.79 Å². The van der Waals surface area contributed by atoms with E-state index in [2.05, 4.69) is 12.2 Å². The van der Waals surface area contributed by atoms with E-state index < -0.39 is 0 Å². The first-order valence-electron chi connectivity index (χ1n) is 6.49. The molecule has 0 aliphatic carbocycles. The Hall–Kier alpha value is -1.02. The van der Waals surface area contributed by atoms with Gasteiger partial charge >= 0.3 is 0 Å². The molecule has 0 radical (unpaired) electrons. The molecule has 0 spiro atoms. The summed E-state index contributed by atoms with van der Waals surface area (Å²) in [5.41, 5.74) is 2.97. The van der Waals surface area contributed by atoms with Crippen LogP contribution >= 0.6 is 11.6 Å². The molecule has 0 aliphatic rings. The number of hydrogen-bond donors (Lipinski definition) is 1. The molecule has 2 nitrogen and oxygen atoms in total. The van der Waals surface area contributed by atoms with Crippen LogP contribution in [0.15, 0.2) is 18.2 Å². The van der Waals surface area contributed by atoms with Crippen LogP contribution < -0.4 is 5.32 Å². The zero-order chi connectivity index (χ0) is 13.5. The molecular weight excluding hydrogens is 246 g/mol. The molecule has 0 aromatic heterocycles. The van der Waals surface area contributed by atoms with Crippen molar-refractivity contribution in [2.45, 2.75) is 33.6 Å². The fourth-order valence-corrected chi connectivity index (χ4v) is 2.31. The first kappa shape index (κ1) is 15.0. The van der Waals surface area contributed by atoms with E-state index in [4.69, 9.17) is 11.6 Å². The molecule has 100 valence electrons. The number of benzene rings is 1. The van der Waals surface area contributed by atoms with Crippen LogP contribution in [-0.2, 0) is 0 Å². The Morgan fingerprint density at radius 3 is 2.67 bits per heavy atom. The van der Waals surface area contributed by atoms with Crippen molar-refractivity contribution >= 4 is 17.5 Å². The van der Waals surface area contributed by atoms with Crippen molar-refractivity contribution in [1.29, 1.82) is 0 Å². The Morgan fingerprint density at radius 2 is 2.11 bits per heavy atom. The summed E-state index contributed by atoms with van der Waals surface area (Å²) in [5, 5.41) is 3.00. The molecule has 18 heavy (non-hydrogen) atoms. The van der Waals surface area contributed by atoms with Crippen molar-refractivity contribution in [3.05, 3.63) is 34.9 Å². The van der Waals surface area contributed by atoms with E-state index in [-0.39, 0.29) is 5.91 Å². The summed E-state index contributed by atoms with van der Waals surface area (Å²) in [6.45, 7) is 6.83. The van der Waals surface area contributed by atoms with Gasteiger partial charge in [0.25, 0.3) is 5.91 Å². The van der Waals surface area contributed by atoms with Crippen LogP contribution in [0.3, 0.4) is 0 Å². The lowest BCUT2D eigenvalue weighted by Crippen LogP contribution is -2.29. The second kappa shape index (κ2) is 7.42. The fourth-order valence-electron chi connectivity index (χ4n) is 2.01. The topological polar surface area (TPSA) is 29.1 Å². The summed E-state index contributed by atoms with van der Waals surface area (Å²) in [5.74, 6) is 1.13. The number of alkyl halides is 1. The third-order valence-electron chi connectivity index (χ3n) is 3.27. The summed E-state index contributed by atoms with van der Waals surface area (Å²) < 4.78 is 0. The zero-order valence-electron chi connectivity index (χ0n) is 11.4. The van der Waals surface area contributed by atoms with Gasteiger partial charge in [-0.15, -0.1) is 11.6 Å². The van der Waals surface area contributed by atoms with Gasteiger partial charge < -0.3 is 5.32 Å².